The van der Waals surface area contributed by atoms with Gasteiger partial charge in [-0.25, -0.2) is 0 Å². The zero-order valence-electron chi connectivity index (χ0n) is 36.8. The van der Waals surface area contributed by atoms with Gasteiger partial charge < -0.3 is 14.2 Å². The van der Waals surface area contributed by atoms with Gasteiger partial charge in [-0.05, 0) is 31.1 Å². The molecule has 0 N–H and O–H groups in total. The summed E-state index contributed by atoms with van der Waals surface area (Å²) in [6.45, 7) is 11.3. The lowest BCUT2D eigenvalue weighted by molar-refractivity contribution is -0.167. The Balaban J connectivity index is 4.34. The van der Waals surface area contributed by atoms with E-state index >= 15 is 0 Å². The number of carbonyl (C=O) groups is 3. The molecule has 0 amide bonds. The molecule has 0 aliphatic heterocycles. The molecular weight excluding hydrogens is 673 g/mol. The lowest BCUT2D eigenvalue weighted by Gasteiger charge is -2.18. The first-order valence-corrected chi connectivity index (χ1v) is 23.8. The summed E-state index contributed by atoms with van der Waals surface area (Å²) in [5.41, 5.74) is 0. The number of esters is 3. The molecule has 0 saturated heterocycles. The predicted octanol–water partition coefficient (Wildman–Crippen LogP) is 15.0. The van der Waals surface area contributed by atoms with Crippen molar-refractivity contribution in [3.05, 3.63) is 0 Å². The van der Waals surface area contributed by atoms with Crippen LogP contribution in [-0.4, -0.2) is 37.2 Å². The molecular formula is C48H92O6. The lowest BCUT2D eigenvalue weighted by atomic mass is 9.99. The van der Waals surface area contributed by atoms with Gasteiger partial charge in [-0.1, -0.05) is 221 Å². The SMILES string of the molecule is CCCCCCCCCCCCCC(=O)O[C@H](COC(=O)CCCCCCCCCCCCC(C)C)COC(=O)CCCCCCCCCCC(C)CC. The standard InChI is InChI=1S/C48H92O6/c1-6-8-9-10-11-12-13-18-25-30-35-40-48(51)54-45(42-53-47(50)39-34-29-24-20-19-22-27-32-37-44(5)7-2)41-52-46(49)38-33-28-23-17-15-14-16-21-26-31-36-43(3)4/h43-45H,6-42H2,1-5H3/t44?,45-/m1/s1. The van der Waals surface area contributed by atoms with Crippen molar-refractivity contribution in [1.29, 1.82) is 0 Å². The van der Waals surface area contributed by atoms with E-state index in [1.165, 1.54) is 148 Å². The normalized spacial score (nSPS) is 12.6. The van der Waals surface area contributed by atoms with Crippen molar-refractivity contribution < 1.29 is 28.6 Å². The molecule has 6 heteroatoms. The monoisotopic (exact) mass is 765 g/mol. The van der Waals surface area contributed by atoms with Gasteiger partial charge in [-0.15, -0.1) is 0 Å². The van der Waals surface area contributed by atoms with Crippen LogP contribution in [0, 0.1) is 11.8 Å². The van der Waals surface area contributed by atoms with Crippen LogP contribution in [0.4, 0.5) is 0 Å². The first-order valence-electron chi connectivity index (χ1n) is 23.8. The Morgan fingerprint density at radius 2 is 0.704 bits per heavy atom. The van der Waals surface area contributed by atoms with Crippen molar-refractivity contribution in [2.24, 2.45) is 11.8 Å². The number of rotatable bonds is 42. The molecule has 0 aromatic carbocycles. The maximum absolute atomic E-state index is 12.7. The number of carbonyl (C=O) groups excluding carboxylic acids is 3. The van der Waals surface area contributed by atoms with Gasteiger partial charge >= 0.3 is 17.9 Å². The number of hydrogen-bond acceptors (Lipinski definition) is 6. The third-order valence-electron chi connectivity index (χ3n) is 11.1. The van der Waals surface area contributed by atoms with E-state index in [1.54, 1.807) is 0 Å². The molecule has 0 aliphatic rings. The third kappa shape index (κ3) is 40.1. The molecule has 6 nitrogen and oxygen atoms in total. The molecule has 0 aromatic heterocycles. The first-order chi connectivity index (χ1) is 26.3. The average Bonchev–Trinajstić information content (AvgIpc) is 3.15. The van der Waals surface area contributed by atoms with Crippen LogP contribution in [0.3, 0.4) is 0 Å². The molecule has 0 aliphatic carbocycles. The minimum atomic E-state index is -0.760. The van der Waals surface area contributed by atoms with Crippen molar-refractivity contribution in [1.82, 2.24) is 0 Å². The highest BCUT2D eigenvalue weighted by Crippen LogP contribution is 2.17. The van der Waals surface area contributed by atoms with Gasteiger partial charge in [-0.2, -0.15) is 0 Å². The lowest BCUT2D eigenvalue weighted by Crippen LogP contribution is -2.30. The van der Waals surface area contributed by atoms with Crippen LogP contribution in [0.15, 0.2) is 0 Å². The van der Waals surface area contributed by atoms with Crippen LogP contribution in [0.1, 0.15) is 259 Å². The number of unbranched alkanes of at least 4 members (excludes halogenated alkanes) is 26. The Kier molecular flexibility index (Phi) is 39.8. The van der Waals surface area contributed by atoms with E-state index in [0.717, 1.165) is 69.6 Å². The highest BCUT2D eigenvalue weighted by atomic mass is 16.6. The second-order valence-corrected chi connectivity index (χ2v) is 17.1. The van der Waals surface area contributed by atoms with Crippen LogP contribution in [0.2, 0.25) is 0 Å². The van der Waals surface area contributed by atoms with Crippen molar-refractivity contribution in [2.45, 2.75) is 265 Å². The number of ether oxygens (including phenoxy) is 3. The second kappa shape index (κ2) is 41.1. The molecule has 0 bridgehead atoms. The van der Waals surface area contributed by atoms with Gasteiger partial charge in [0.15, 0.2) is 6.10 Å². The summed E-state index contributed by atoms with van der Waals surface area (Å²) >= 11 is 0. The Labute approximate surface area is 336 Å². The summed E-state index contributed by atoms with van der Waals surface area (Å²) in [5, 5.41) is 0. The summed E-state index contributed by atoms with van der Waals surface area (Å²) in [5.74, 6) is 0.810. The Morgan fingerprint density at radius 3 is 1.06 bits per heavy atom. The summed E-state index contributed by atoms with van der Waals surface area (Å²) in [7, 11) is 0. The van der Waals surface area contributed by atoms with E-state index in [-0.39, 0.29) is 31.1 Å². The van der Waals surface area contributed by atoms with Crippen molar-refractivity contribution in [2.75, 3.05) is 13.2 Å². The predicted molar refractivity (Wildman–Crippen MR) is 229 cm³/mol. The quantitative estimate of drug-likeness (QED) is 0.0350. The molecule has 2 atom stereocenters. The summed E-state index contributed by atoms with van der Waals surface area (Å²) in [6, 6.07) is 0. The molecule has 0 rings (SSSR count). The van der Waals surface area contributed by atoms with Crippen molar-refractivity contribution in [3.8, 4) is 0 Å². The van der Waals surface area contributed by atoms with E-state index < -0.39 is 6.10 Å². The topological polar surface area (TPSA) is 78.9 Å². The van der Waals surface area contributed by atoms with Crippen molar-refractivity contribution in [3.63, 3.8) is 0 Å². The Morgan fingerprint density at radius 1 is 0.389 bits per heavy atom. The summed E-state index contributed by atoms with van der Waals surface area (Å²) in [6.07, 6.45) is 39.4. The fourth-order valence-electron chi connectivity index (χ4n) is 7.07. The van der Waals surface area contributed by atoms with Gasteiger partial charge in [0.1, 0.15) is 13.2 Å². The molecule has 54 heavy (non-hydrogen) atoms. The van der Waals surface area contributed by atoms with Gasteiger partial charge in [-0.3, -0.25) is 14.4 Å². The fourth-order valence-corrected chi connectivity index (χ4v) is 7.07. The minimum absolute atomic E-state index is 0.0648. The smallest absolute Gasteiger partial charge is 0.306 e. The van der Waals surface area contributed by atoms with Gasteiger partial charge in [0, 0.05) is 19.3 Å². The summed E-state index contributed by atoms with van der Waals surface area (Å²) in [4.78, 5) is 37.8. The maximum atomic E-state index is 12.7. The van der Waals surface area contributed by atoms with Crippen LogP contribution in [-0.2, 0) is 28.6 Å². The maximum Gasteiger partial charge on any atom is 0.306 e. The van der Waals surface area contributed by atoms with E-state index in [9.17, 15) is 14.4 Å². The van der Waals surface area contributed by atoms with Crippen LogP contribution < -0.4 is 0 Å². The minimum Gasteiger partial charge on any atom is -0.462 e. The fraction of sp³-hybridized carbons (Fsp3) is 0.938. The van der Waals surface area contributed by atoms with Gasteiger partial charge in [0.05, 0.1) is 0 Å². The van der Waals surface area contributed by atoms with E-state index in [4.69, 9.17) is 14.2 Å². The average molecular weight is 765 g/mol. The van der Waals surface area contributed by atoms with Gasteiger partial charge in [0.25, 0.3) is 0 Å². The third-order valence-corrected chi connectivity index (χ3v) is 11.1. The van der Waals surface area contributed by atoms with E-state index in [1.807, 2.05) is 0 Å². The molecule has 0 radical (unpaired) electrons. The second-order valence-electron chi connectivity index (χ2n) is 17.1. The highest BCUT2D eigenvalue weighted by molar-refractivity contribution is 5.71. The molecule has 0 spiro atoms. The first kappa shape index (κ1) is 52.4. The highest BCUT2D eigenvalue weighted by Gasteiger charge is 2.19. The zero-order chi connectivity index (χ0) is 39.7. The van der Waals surface area contributed by atoms with E-state index in [2.05, 4.69) is 34.6 Å². The molecule has 0 fully saturated rings. The summed E-state index contributed by atoms with van der Waals surface area (Å²) < 4.78 is 16.7. The molecule has 0 heterocycles. The number of hydrogen-bond donors (Lipinski definition) is 0. The van der Waals surface area contributed by atoms with Crippen molar-refractivity contribution >= 4 is 17.9 Å². The Bertz CT molecular complexity index is 826. The Hall–Kier alpha value is -1.59. The molecule has 1 unspecified atom stereocenters. The van der Waals surface area contributed by atoms with Gasteiger partial charge in [0.2, 0.25) is 0 Å². The molecule has 320 valence electrons. The molecule has 0 saturated carbocycles. The molecule has 0 aromatic rings. The van der Waals surface area contributed by atoms with Crippen LogP contribution >= 0.6 is 0 Å². The van der Waals surface area contributed by atoms with Crippen LogP contribution in [0.5, 0.6) is 0 Å². The van der Waals surface area contributed by atoms with Crippen LogP contribution in [0.25, 0.3) is 0 Å². The largest absolute Gasteiger partial charge is 0.462 e. The zero-order valence-corrected chi connectivity index (χ0v) is 36.8. The van der Waals surface area contributed by atoms with E-state index in [0.29, 0.717) is 19.3 Å².